The lowest BCUT2D eigenvalue weighted by Crippen LogP contribution is -2.35. The number of rotatable bonds is 4. The van der Waals surface area contributed by atoms with Crippen molar-refractivity contribution in [3.8, 4) is 0 Å². The van der Waals surface area contributed by atoms with Crippen molar-refractivity contribution in [1.82, 2.24) is 5.06 Å². The van der Waals surface area contributed by atoms with Gasteiger partial charge < -0.3 is 4.74 Å². The summed E-state index contributed by atoms with van der Waals surface area (Å²) in [5.74, 6) is -1.90. The maximum absolute atomic E-state index is 12.4. The molecule has 9 heteroatoms. The van der Waals surface area contributed by atoms with Gasteiger partial charge in [0.2, 0.25) is 0 Å². The van der Waals surface area contributed by atoms with Crippen LogP contribution in [0.1, 0.15) is 12.0 Å². The van der Waals surface area contributed by atoms with Crippen LogP contribution in [-0.4, -0.2) is 28.0 Å². The summed E-state index contributed by atoms with van der Waals surface area (Å²) in [6.07, 6.45) is 3.48. The van der Waals surface area contributed by atoms with Gasteiger partial charge in [-0.05, 0) is 36.0 Å². The SMILES string of the molecule is O=C(OCc1ccc([N+](=O)[O-])cc1)ON1C(=O)[C@@H]2[C@H](C1=O)[C@@H]1C=C[C@H]2C1. The molecule has 0 aromatic heterocycles. The van der Waals surface area contributed by atoms with Gasteiger partial charge in [-0.1, -0.05) is 17.2 Å². The highest BCUT2D eigenvalue weighted by molar-refractivity contribution is 6.05. The molecule has 2 bridgehead atoms. The summed E-state index contributed by atoms with van der Waals surface area (Å²) in [4.78, 5) is 51.4. The number of allylic oxidation sites excluding steroid dienone is 2. The Kier molecular flexibility index (Phi) is 3.71. The molecule has 1 aromatic carbocycles. The first kappa shape index (κ1) is 16.2. The molecule has 1 saturated heterocycles. The summed E-state index contributed by atoms with van der Waals surface area (Å²) >= 11 is 0. The largest absolute Gasteiger partial charge is 0.534 e. The summed E-state index contributed by atoms with van der Waals surface area (Å²) in [5, 5.41) is 11.1. The summed E-state index contributed by atoms with van der Waals surface area (Å²) < 4.78 is 4.89. The maximum Gasteiger partial charge on any atom is 0.534 e. The molecule has 2 fully saturated rings. The van der Waals surface area contributed by atoms with Crippen LogP contribution in [0.25, 0.3) is 0 Å². The fourth-order valence-corrected chi connectivity index (χ4v) is 3.92. The maximum atomic E-state index is 12.4. The highest BCUT2D eigenvalue weighted by Crippen LogP contribution is 2.52. The smallest absolute Gasteiger partial charge is 0.428 e. The van der Waals surface area contributed by atoms with Gasteiger partial charge in [0.1, 0.15) is 6.61 Å². The van der Waals surface area contributed by atoms with Gasteiger partial charge in [0.05, 0.1) is 16.8 Å². The summed E-state index contributed by atoms with van der Waals surface area (Å²) in [5.41, 5.74) is 0.421. The Morgan fingerprint density at radius 3 is 2.23 bits per heavy atom. The van der Waals surface area contributed by atoms with Crippen LogP contribution >= 0.6 is 0 Å². The first-order valence-corrected chi connectivity index (χ1v) is 8.10. The van der Waals surface area contributed by atoms with Crippen LogP contribution in [0.2, 0.25) is 0 Å². The van der Waals surface area contributed by atoms with E-state index in [0.29, 0.717) is 10.6 Å². The molecule has 2 aliphatic carbocycles. The van der Waals surface area contributed by atoms with Crippen molar-refractivity contribution in [2.24, 2.45) is 23.7 Å². The Bertz CT molecular complexity index is 802. The monoisotopic (exact) mass is 358 g/mol. The molecule has 1 heterocycles. The Balaban J connectivity index is 1.35. The minimum absolute atomic E-state index is 0.0196. The van der Waals surface area contributed by atoms with Crippen molar-refractivity contribution in [3.05, 3.63) is 52.1 Å². The Morgan fingerprint density at radius 1 is 1.12 bits per heavy atom. The van der Waals surface area contributed by atoms with Crippen molar-refractivity contribution in [1.29, 1.82) is 0 Å². The lowest BCUT2D eigenvalue weighted by atomic mass is 9.85. The molecule has 26 heavy (non-hydrogen) atoms. The van der Waals surface area contributed by atoms with E-state index in [1.54, 1.807) is 0 Å². The van der Waals surface area contributed by atoms with Crippen molar-refractivity contribution in [2.75, 3.05) is 0 Å². The van der Waals surface area contributed by atoms with Gasteiger partial charge in [-0.2, -0.15) is 0 Å². The predicted octanol–water partition coefficient (Wildman–Crippen LogP) is 1.97. The third-order valence-corrected chi connectivity index (χ3v) is 5.10. The number of benzene rings is 1. The number of carbonyl (C=O) groups excluding carboxylic acids is 3. The molecule has 9 nitrogen and oxygen atoms in total. The van der Waals surface area contributed by atoms with Gasteiger partial charge in [-0.15, -0.1) is 0 Å². The molecule has 134 valence electrons. The molecule has 0 N–H and O–H groups in total. The summed E-state index contributed by atoms with van der Waals surface area (Å²) in [7, 11) is 0. The zero-order chi connectivity index (χ0) is 18.4. The topological polar surface area (TPSA) is 116 Å². The van der Waals surface area contributed by atoms with Crippen LogP contribution in [0.5, 0.6) is 0 Å². The number of imide groups is 1. The summed E-state index contributed by atoms with van der Waals surface area (Å²) in [6, 6.07) is 5.43. The lowest BCUT2D eigenvalue weighted by Gasteiger charge is -2.15. The molecular weight excluding hydrogens is 344 g/mol. The number of fused-ring (bicyclic) bond motifs is 5. The first-order chi connectivity index (χ1) is 12.5. The zero-order valence-corrected chi connectivity index (χ0v) is 13.4. The van der Waals surface area contributed by atoms with E-state index in [1.165, 1.54) is 24.3 Å². The Labute approximate surface area is 147 Å². The molecule has 1 aromatic rings. The molecule has 1 saturated carbocycles. The molecule has 3 aliphatic rings. The third kappa shape index (κ3) is 2.52. The normalized spacial score (nSPS) is 28.4. The van der Waals surface area contributed by atoms with Crippen molar-refractivity contribution in [2.45, 2.75) is 13.0 Å². The molecule has 0 spiro atoms. The molecule has 4 atom stereocenters. The number of nitro groups is 1. The number of nitrogens with zero attached hydrogens (tertiary/aromatic N) is 2. The van der Waals surface area contributed by atoms with Crippen molar-refractivity contribution >= 4 is 23.7 Å². The van der Waals surface area contributed by atoms with Gasteiger partial charge in [0, 0.05) is 12.1 Å². The summed E-state index contributed by atoms with van der Waals surface area (Å²) in [6.45, 7) is -0.202. The molecule has 4 rings (SSSR count). The molecule has 0 radical (unpaired) electrons. The van der Waals surface area contributed by atoms with Crippen LogP contribution in [0.3, 0.4) is 0 Å². The highest BCUT2D eigenvalue weighted by atomic mass is 16.8. The number of amides is 2. The first-order valence-electron chi connectivity index (χ1n) is 8.10. The number of hydrogen-bond donors (Lipinski definition) is 0. The van der Waals surface area contributed by atoms with Crippen molar-refractivity contribution < 1.29 is 28.9 Å². The van der Waals surface area contributed by atoms with Crippen LogP contribution in [0, 0.1) is 33.8 Å². The average Bonchev–Trinajstić information content (AvgIpc) is 3.30. The number of non-ortho nitro benzene ring substituents is 1. The van der Waals surface area contributed by atoms with Crippen LogP contribution in [0.4, 0.5) is 10.5 Å². The number of nitro benzene ring substituents is 1. The zero-order valence-electron chi connectivity index (χ0n) is 13.4. The van der Waals surface area contributed by atoms with E-state index in [0.717, 1.165) is 6.42 Å². The lowest BCUT2D eigenvalue weighted by molar-refractivity contribution is -0.384. The van der Waals surface area contributed by atoms with E-state index in [-0.39, 0.29) is 24.1 Å². The van der Waals surface area contributed by atoms with Gasteiger partial charge >= 0.3 is 6.16 Å². The Hall–Kier alpha value is -3.23. The number of carbonyl (C=O) groups is 3. The standard InChI is InChI=1S/C17H14N2O7/c20-15-13-10-3-4-11(7-10)14(13)16(21)18(15)26-17(22)25-8-9-1-5-12(6-2-9)19(23)24/h1-6,10-11,13-14H,7-8H2/t10-,11+,13-,14+. The Morgan fingerprint density at radius 2 is 1.69 bits per heavy atom. The molecule has 0 unspecified atom stereocenters. The van der Waals surface area contributed by atoms with E-state index in [2.05, 4.69) is 0 Å². The fraction of sp³-hybridized carbons (Fsp3) is 0.353. The van der Waals surface area contributed by atoms with Crippen molar-refractivity contribution in [3.63, 3.8) is 0 Å². The van der Waals surface area contributed by atoms with Crippen LogP contribution in [-0.2, 0) is 25.8 Å². The second-order valence-corrected chi connectivity index (χ2v) is 6.52. The second-order valence-electron chi connectivity index (χ2n) is 6.52. The third-order valence-electron chi connectivity index (χ3n) is 5.10. The number of ether oxygens (including phenoxy) is 1. The van der Waals surface area contributed by atoms with Gasteiger partial charge in [-0.3, -0.25) is 24.5 Å². The molecular formula is C17H14N2O7. The minimum Gasteiger partial charge on any atom is -0.428 e. The fourth-order valence-electron chi connectivity index (χ4n) is 3.92. The van der Waals surface area contributed by atoms with E-state index >= 15 is 0 Å². The van der Waals surface area contributed by atoms with E-state index in [4.69, 9.17) is 9.57 Å². The minimum atomic E-state index is -1.18. The number of hydroxylamine groups is 2. The highest BCUT2D eigenvalue weighted by Gasteiger charge is 2.61. The van der Waals surface area contributed by atoms with Gasteiger partial charge in [0.15, 0.2) is 0 Å². The van der Waals surface area contributed by atoms with Gasteiger partial charge in [-0.25, -0.2) is 4.79 Å². The number of hydrogen-bond acceptors (Lipinski definition) is 7. The average molecular weight is 358 g/mol. The van der Waals surface area contributed by atoms with Crippen LogP contribution in [0.15, 0.2) is 36.4 Å². The predicted molar refractivity (Wildman–Crippen MR) is 83.9 cm³/mol. The van der Waals surface area contributed by atoms with Gasteiger partial charge in [0.25, 0.3) is 17.5 Å². The van der Waals surface area contributed by atoms with E-state index in [1.807, 2.05) is 12.2 Å². The van der Waals surface area contributed by atoms with E-state index < -0.39 is 34.7 Å². The van der Waals surface area contributed by atoms with Crippen LogP contribution < -0.4 is 0 Å². The van der Waals surface area contributed by atoms with E-state index in [9.17, 15) is 24.5 Å². The second kappa shape index (κ2) is 5.94. The molecule has 2 amide bonds. The quantitative estimate of drug-likeness (QED) is 0.265. The molecule has 1 aliphatic heterocycles.